The van der Waals surface area contributed by atoms with Crippen molar-refractivity contribution >= 4 is 22.8 Å². The van der Waals surface area contributed by atoms with Gasteiger partial charge in [-0.05, 0) is 44.7 Å². The molecule has 1 heterocycles. The molecule has 1 aromatic carbocycles. The number of H-pyrrole nitrogens is 1. The van der Waals surface area contributed by atoms with Gasteiger partial charge in [0.1, 0.15) is 0 Å². The number of hydrogen-bond acceptors (Lipinski definition) is 2. The number of fused-ring (bicyclic) bond motifs is 1. The second-order valence-electron chi connectivity index (χ2n) is 7.89. The second-order valence-corrected chi connectivity index (χ2v) is 7.89. The van der Waals surface area contributed by atoms with Crippen molar-refractivity contribution in [1.29, 1.82) is 0 Å². The van der Waals surface area contributed by atoms with Crippen LogP contribution in [0.15, 0.2) is 29.4 Å². The average Bonchev–Trinajstić information content (AvgIpc) is 3.00. The Kier molecular flexibility index (Phi) is 6.88. The number of rotatable bonds is 6. The first-order valence-corrected chi connectivity index (χ1v) is 9.55. The lowest BCUT2D eigenvalue weighted by atomic mass is 10.1. The van der Waals surface area contributed by atoms with Crippen LogP contribution < -0.4 is 10.6 Å². The summed E-state index contributed by atoms with van der Waals surface area (Å²) in [4.78, 5) is 21.7. The molecule has 0 fully saturated rings. The SMILES string of the molecule is CCc1cccc2c(CCNC(=NC)N(C)CC(=O)NC(C)(C)C)c[nH]c12. The molecule has 0 aliphatic rings. The van der Waals surface area contributed by atoms with Gasteiger partial charge < -0.3 is 20.5 Å². The maximum Gasteiger partial charge on any atom is 0.240 e. The molecule has 6 heteroatoms. The number of aromatic amines is 1. The minimum Gasteiger partial charge on any atom is -0.361 e. The number of aliphatic imine (C=N–C) groups is 1. The fourth-order valence-corrected chi connectivity index (χ4v) is 3.22. The van der Waals surface area contributed by atoms with Gasteiger partial charge in [0.25, 0.3) is 0 Å². The number of nitrogens with one attached hydrogen (secondary N) is 3. The van der Waals surface area contributed by atoms with Gasteiger partial charge in [-0.25, -0.2) is 0 Å². The Balaban J connectivity index is 1.92. The van der Waals surface area contributed by atoms with Gasteiger partial charge in [0.05, 0.1) is 6.54 Å². The monoisotopic (exact) mass is 371 g/mol. The lowest BCUT2D eigenvalue weighted by Gasteiger charge is -2.25. The first-order chi connectivity index (χ1) is 12.7. The number of nitrogens with zero attached hydrogens (tertiary/aromatic N) is 2. The molecule has 0 atom stereocenters. The predicted molar refractivity (Wildman–Crippen MR) is 113 cm³/mol. The number of likely N-dealkylation sites (N-methyl/N-ethyl adjacent to an activating group) is 1. The van der Waals surface area contributed by atoms with Gasteiger partial charge in [0.2, 0.25) is 5.91 Å². The lowest BCUT2D eigenvalue weighted by molar-refractivity contribution is -0.122. The molecule has 0 unspecified atom stereocenters. The molecule has 6 nitrogen and oxygen atoms in total. The van der Waals surface area contributed by atoms with Crippen LogP contribution in [0.5, 0.6) is 0 Å². The van der Waals surface area contributed by atoms with Gasteiger partial charge in [-0.2, -0.15) is 0 Å². The van der Waals surface area contributed by atoms with E-state index >= 15 is 0 Å². The Morgan fingerprint density at radius 1 is 1.26 bits per heavy atom. The van der Waals surface area contributed by atoms with Crippen molar-refractivity contribution in [2.45, 2.75) is 46.1 Å². The molecule has 0 saturated heterocycles. The Morgan fingerprint density at radius 2 is 2.00 bits per heavy atom. The van der Waals surface area contributed by atoms with E-state index in [4.69, 9.17) is 0 Å². The molecular weight excluding hydrogens is 338 g/mol. The van der Waals surface area contributed by atoms with E-state index in [0.29, 0.717) is 5.96 Å². The largest absolute Gasteiger partial charge is 0.361 e. The van der Waals surface area contributed by atoms with Crippen LogP contribution in [-0.2, 0) is 17.6 Å². The summed E-state index contributed by atoms with van der Waals surface area (Å²) in [5, 5.41) is 7.60. The van der Waals surface area contributed by atoms with Crippen LogP contribution in [0.3, 0.4) is 0 Å². The van der Waals surface area contributed by atoms with Crippen LogP contribution in [0, 0.1) is 0 Å². The van der Waals surface area contributed by atoms with E-state index in [-0.39, 0.29) is 18.0 Å². The minimum atomic E-state index is -0.235. The van der Waals surface area contributed by atoms with Crippen LogP contribution in [0.4, 0.5) is 0 Å². The molecule has 3 N–H and O–H groups in total. The van der Waals surface area contributed by atoms with Crippen molar-refractivity contribution in [3.63, 3.8) is 0 Å². The molecule has 0 aliphatic carbocycles. The quantitative estimate of drug-likeness (QED) is 0.540. The standard InChI is InChI=1S/C21H33N5O/c1-7-15-9-8-10-17-16(13-24-19(15)17)11-12-23-20(22-5)26(6)14-18(27)25-21(2,3)4/h8-10,13,24H,7,11-12,14H2,1-6H3,(H,22,23)(H,25,27). The molecular formula is C21H33N5O. The highest BCUT2D eigenvalue weighted by Gasteiger charge is 2.16. The third-order valence-corrected chi connectivity index (χ3v) is 4.41. The lowest BCUT2D eigenvalue weighted by Crippen LogP contribution is -2.49. The Morgan fingerprint density at radius 3 is 2.63 bits per heavy atom. The summed E-state index contributed by atoms with van der Waals surface area (Å²) in [7, 11) is 3.61. The molecule has 148 valence electrons. The Bertz CT molecular complexity index is 800. The fourth-order valence-electron chi connectivity index (χ4n) is 3.22. The predicted octanol–water partition coefficient (Wildman–Crippen LogP) is 2.69. The van der Waals surface area contributed by atoms with Crippen LogP contribution >= 0.6 is 0 Å². The van der Waals surface area contributed by atoms with Gasteiger partial charge in [-0.3, -0.25) is 9.79 Å². The van der Waals surface area contributed by atoms with E-state index in [9.17, 15) is 4.79 Å². The highest BCUT2D eigenvalue weighted by Crippen LogP contribution is 2.22. The van der Waals surface area contributed by atoms with Crippen molar-refractivity contribution in [2.75, 3.05) is 27.2 Å². The number of carbonyl (C=O) groups excluding carboxylic acids is 1. The summed E-state index contributed by atoms with van der Waals surface area (Å²) in [6, 6.07) is 6.45. The molecule has 1 amide bonds. The van der Waals surface area contributed by atoms with Crippen molar-refractivity contribution in [3.05, 3.63) is 35.5 Å². The fraction of sp³-hybridized carbons (Fsp3) is 0.524. The van der Waals surface area contributed by atoms with E-state index in [2.05, 4.69) is 51.9 Å². The Labute approximate surface area is 162 Å². The molecule has 0 spiro atoms. The van der Waals surface area contributed by atoms with Crippen molar-refractivity contribution < 1.29 is 4.79 Å². The number of hydrogen-bond donors (Lipinski definition) is 3. The van der Waals surface area contributed by atoms with Crippen LogP contribution in [0.2, 0.25) is 0 Å². The summed E-state index contributed by atoms with van der Waals surface area (Å²) >= 11 is 0. The molecule has 0 saturated carbocycles. The third-order valence-electron chi connectivity index (χ3n) is 4.41. The summed E-state index contributed by atoms with van der Waals surface area (Å²) in [5.74, 6) is 0.699. The number of para-hydroxylation sites is 1. The zero-order chi connectivity index (χ0) is 20.0. The average molecular weight is 372 g/mol. The van der Waals surface area contributed by atoms with Gasteiger partial charge in [0.15, 0.2) is 5.96 Å². The molecule has 0 bridgehead atoms. The molecule has 2 aromatic rings. The summed E-state index contributed by atoms with van der Waals surface area (Å²) in [6.07, 6.45) is 3.99. The molecule has 0 aliphatic heterocycles. The smallest absolute Gasteiger partial charge is 0.240 e. The zero-order valence-electron chi connectivity index (χ0n) is 17.4. The molecule has 2 rings (SSSR count). The molecule has 27 heavy (non-hydrogen) atoms. The highest BCUT2D eigenvalue weighted by molar-refractivity contribution is 5.87. The third kappa shape index (κ3) is 5.74. The zero-order valence-corrected chi connectivity index (χ0v) is 17.4. The summed E-state index contributed by atoms with van der Waals surface area (Å²) in [5.41, 5.74) is 3.63. The van der Waals surface area contributed by atoms with E-state index in [0.717, 1.165) is 19.4 Å². The van der Waals surface area contributed by atoms with Crippen molar-refractivity contribution in [1.82, 2.24) is 20.5 Å². The van der Waals surface area contributed by atoms with E-state index in [1.54, 1.807) is 7.05 Å². The maximum absolute atomic E-state index is 12.1. The van der Waals surface area contributed by atoms with Gasteiger partial charge in [0, 0.05) is 43.3 Å². The number of amides is 1. The number of benzene rings is 1. The van der Waals surface area contributed by atoms with E-state index in [1.807, 2.05) is 32.7 Å². The summed E-state index contributed by atoms with van der Waals surface area (Å²) in [6.45, 7) is 9.12. The topological polar surface area (TPSA) is 72.5 Å². The van der Waals surface area contributed by atoms with Crippen molar-refractivity contribution in [2.24, 2.45) is 4.99 Å². The van der Waals surface area contributed by atoms with E-state index in [1.165, 1.54) is 22.0 Å². The van der Waals surface area contributed by atoms with Crippen LogP contribution in [0.25, 0.3) is 10.9 Å². The van der Waals surface area contributed by atoms with Crippen LogP contribution in [-0.4, -0.2) is 54.5 Å². The van der Waals surface area contributed by atoms with Crippen molar-refractivity contribution in [3.8, 4) is 0 Å². The maximum atomic E-state index is 12.1. The summed E-state index contributed by atoms with van der Waals surface area (Å²) < 4.78 is 0. The molecule has 1 aromatic heterocycles. The highest BCUT2D eigenvalue weighted by atomic mass is 16.2. The number of aromatic nitrogens is 1. The van der Waals surface area contributed by atoms with Gasteiger partial charge in [-0.15, -0.1) is 0 Å². The minimum absolute atomic E-state index is 0.0170. The van der Waals surface area contributed by atoms with Crippen LogP contribution in [0.1, 0.15) is 38.8 Å². The normalized spacial score (nSPS) is 12.3. The number of aryl methyl sites for hydroxylation is 1. The first-order valence-electron chi connectivity index (χ1n) is 9.55. The number of carbonyl (C=O) groups is 1. The van der Waals surface area contributed by atoms with Gasteiger partial charge >= 0.3 is 0 Å². The van der Waals surface area contributed by atoms with Gasteiger partial charge in [-0.1, -0.05) is 25.1 Å². The first kappa shape index (κ1) is 20.8. The second kappa shape index (κ2) is 8.93. The Hall–Kier alpha value is -2.50. The molecule has 0 radical (unpaired) electrons. The van der Waals surface area contributed by atoms with E-state index < -0.39 is 0 Å². The number of guanidine groups is 1.